The van der Waals surface area contributed by atoms with Gasteiger partial charge in [0.25, 0.3) is 5.56 Å². The summed E-state index contributed by atoms with van der Waals surface area (Å²) in [5.41, 5.74) is 5.08. The fraction of sp³-hybridized carbons (Fsp3) is 0.278. The van der Waals surface area contributed by atoms with E-state index in [1.54, 1.807) is 18.7 Å². The molecule has 0 atom stereocenters. The minimum atomic E-state index is -0.719. The first kappa shape index (κ1) is 20.4. The van der Waals surface area contributed by atoms with Crippen molar-refractivity contribution in [1.82, 2.24) is 23.9 Å². The lowest BCUT2D eigenvalue weighted by molar-refractivity contribution is 0.102. The molecule has 0 aliphatic carbocycles. The van der Waals surface area contributed by atoms with E-state index >= 15 is 0 Å². The Morgan fingerprint density at radius 3 is 2.48 bits per heavy atom. The van der Waals surface area contributed by atoms with Gasteiger partial charge in [0.15, 0.2) is 16.8 Å². The zero-order valence-electron chi connectivity index (χ0n) is 16.4. The zero-order chi connectivity index (χ0) is 21.3. The SMILES string of the molecule is COc1ccccc1-c1nnc(SCC(=O)c2c(N)n(C)c(=O)n(C)c2=O)n1C. The van der Waals surface area contributed by atoms with Crippen molar-refractivity contribution in [3.05, 3.63) is 50.7 Å². The second-order valence-electron chi connectivity index (χ2n) is 6.24. The summed E-state index contributed by atoms with van der Waals surface area (Å²) >= 11 is 1.12. The predicted molar refractivity (Wildman–Crippen MR) is 109 cm³/mol. The van der Waals surface area contributed by atoms with Gasteiger partial charge in [0, 0.05) is 21.1 Å². The Morgan fingerprint density at radius 1 is 1.10 bits per heavy atom. The van der Waals surface area contributed by atoms with Gasteiger partial charge in [-0.05, 0) is 12.1 Å². The van der Waals surface area contributed by atoms with Gasteiger partial charge in [-0.25, -0.2) is 4.79 Å². The summed E-state index contributed by atoms with van der Waals surface area (Å²) in [6.07, 6.45) is 0. The number of hydrogen-bond acceptors (Lipinski definition) is 8. The van der Waals surface area contributed by atoms with Crippen molar-refractivity contribution >= 4 is 23.4 Å². The molecule has 0 amide bonds. The number of ether oxygens (including phenoxy) is 1. The molecule has 11 heteroatoms. The molecule has 1 aromatic carbocycles. The number of Topliss-reactive ketones (excluding diaryl/α,β-unsaturated/α-hetero) is 1. The van der Waals surface area contributed by atoms with Crippen LogP contribution in [0.5, 0.6) is 5.75 Å². The summed E-state index contributed by atoms with van der Waals surface area (Å²) in [5.74, 6) is 0.490. The van der Waals surface area contributed by atoms with Crippen LogP contribution in [-0.2, 0) is 21.1 Å². The summed E-state index contributed by atoms with van der Waals surface area (Å²) in [7, 11) is 6.05. The smallest absolute Gasteiger partial charge is 0.332 e. The van der Waals surface area contributed by atoms with E-state index in [1.807, 2.05) is 24.3 Å². The minimum Gasteiger partial charge on any atom is -0.496 e. The summed E-state index contributed by atoms with van der Waals surface area (Å²) in [4.78, 5) is 36.9. The number of nitrogens with zero attached hydrogens (tertiary/aromatic N) is 5. The van der Waals surface area contributed by atoms with Crippen molar-refractivity contribution in [3.63, 3.8) is 0 Å². The maximum absolute atomic E-state index is 12.7. The molecule has 29 heavy (non-hydrogen) atoms. The summed E-state index contributed by atoms with van der Waals surface area (Å²) in [6.45, 7) is 0. The van der Waals surface area contributed by atoms with Crippen LogP contribution < -0.4 is 21.7 Å². The number of carbonyl (C=O) groups excluding carboxylic acids is 1. The highest BCUT2D eigenvalue weighted by atomic mass is 32.2. The van der Waals surface area contributed by atoms with E-state index in [4.69, 9.17) is 10.5 Å². The molecule has 10 nitrogen and oxygen atoms in total. The molecule has 2 aromatic heterocycles. The van der Waals surface area contributed by atoms with Crippen LogP contribution in [-0.4, -0.2) is 42.5 Å². The molecular weight excluding hydrogens is 396 g/mol. The molecular formula is C18H20N6O4S. The maximum atomic E-state index is 12.7. The van der Waals surface area contributed by atoms with Crippen molar-refractivity contribution in [3.8, 4) is 17.1 Å². The van der Waals surface area contributed by atoms with Crippen molar-refractivity contribution in [1.29, 1.82) is 0 Å². The number of rotatable bonds is 6. The number of ketones is 1. The molecule has 152 valence electrons. The highest BCUT2D eigenvalue weighted by Crippen LogP contribution is 2.30. The molecule has 3 rings (SSSR count). The third kappa shape index (κ3) is 3.56. The Hall–Kier alpha value is -3.34. The fourth-order valence-electron chi connectivity index (χ4n) is 2.83. The highest BCUT2D eigenvalue weighted by Gasteiger charge is 2.22. The van der Waals surface area contributed by atoms with Crippen LogP contribution in [0.25, 0.3) is 11.4 Å². The Labute approximate surface area is 169 Å². The molecule has 2 N–H and O–H groups in total. The lowest BCUT2D eigenvalue weighted by Crippen LogP contribution is -2.41. The molecule has 0 aliphatic rings. The lowest BCUT2D eigenvalue weighted by Gasteiger charge is -2.10. The minimum absolute atomic E-state index is 0.0878. The number of thioether (sulfide) groups is 1. The summed E-state index contributed by atoms with van der Waals surface area (Å²) in [6, 6.07) is 7.39. The van der Waals surface area contributed by atoms with Gasteiger partial charge in [-0.3, -0.25) is 18.7 Å². The number of benzene rings is 1. The second kappa shape index (κ2) is 7.95. The largest absolute Gasteiger partial charge is 0.496 e. The van der Waals surface area contributed by atoms with Crippen LogP contribution in [0.2, 0.25) is 0 Å². The number of hydrogen-bond donors (Lipinski definition) is 1. The van der Waals surface area contributed by atoms with Crippen molar-refractivity contribution in [2.24, 2.45) is 21.1 Å². The van der Waals surface area contributed by atoms with Gasteiger partial charge in [0.1, 0.15) is 17.1 Å². The van der Waals surface area contributed by atoms with E-state index in [0.29, 0.717) is 16.7 Å². The van der Waals surface area contributed by atoms with E-state index in [1.165, 1.54) is 14.1 Å². The molecule has 0 fully saturated rings. The van der Waals surface area contributed by atoms with Crippen LogP contribution in [0.4, 0.5) is 5.82 Å². The van der Waals surface area contributed by atoms with Gasteiger partial charge in [-0.15, -0.1) is 10.2 Å². The average molecular weight is 416 g/mol. The number of nitrogen functional groups attached to an aromatic ring is 1. The first-order valence-corrected chi connectivity index (χ1v) is 9.50. The third-order valence-electron chi connectivity index (χ3n) is 4.50. The Kier molecular flexibility index (Phi) is 5.59. The maximum Gasteiger partial charge on any atom is 0.332 e. The summed E-state index contributed by atoms with van der Waals surface area (Å²) < 4.78 is 9.02. The monoisotopic (exact) mass is 416 g/mol. The Balaban J connectivity index is 1.87. The van der Waals surface area contributed by atoms with Gasteiger partial charge in [0.2, 0.25) is 0 Å². The van der Waals surface area contributed by atoms with Crippen LogP contribution in [0.3, 0.4) is 0 Å². The second-order valence-corrected chi connectivity index (χ2v) is 7.19. The third-order valence-corrected chi connectivity index (χ3v) is 5.52. The van der Waals surface area contributed by atoms with Gasteiger partial charge < -0.3 is 15.0 Å². The standard InChI is InChI=1S/C18H20N6O4S/c1-22-14(19)13(16(26)24(3)18(22)27)11(25)9-29-17-21-20-15(23(17)2)10-7-5-6-8-12(10)28-4/h5-8H,9,19H2,1-4H3. The van der Waals surface area contributed by atoms with E-state index in [9.17, 15) is 14.4 Å². The molecule has 0 aliphatic heterocycles. The Bertz CT molecular complexity index is 1210. The van der Waals surface area contributed by atoms with Crippen LogP contribution in [0.1, 0.15) is 10.4 Å². The normalized spacial score (nSPS) is 10.9. The average Bonchev–Trinajstić information content (AvgIpc) is 3.09. The first-order valence-electron chi connectivity index (χ1n) is 8.52. The molecule has 0 unspecified atom stereocenters. The number of anilines is 1. The van der Waals surface area contributed by atoms with Gasteiger partial charge in [-0.2, -0.15) is 0 Å². The lowest BCUT2D eigenvalue weighted by atomic mass is 10.2. The van der Waals surface area contributed by atoms with Crippen LogP contribution >= 0.6 is 11.8 Å². The zero-order valence-corrected chi connectivity index (χ0v) is 17.2. The Morgan fingerprint density at radius 2 is 1.79 bits per heavy atom. The number of methoxy groups -OCH3 is 1. The van der Waals surface area contributed by atoms with Crippen molar-refractivity contribution in [2.45, 2.75) is 5.16 Å². The molecule has 0 bridgehead atoms. The molecule has 0 saturated heterocycles. The van der Waals surface area contributed by atoms with Crippen molar-refractivity contribution in [2.75, 3.05) is 18.6 Å². The number of para-hydroxylation sites is 1. The highest BCUT2D eigenvalue weighted by molar-refractivity contribution is 7.99. The number of nitrogens with two attached hydrogens (primary N) is 1. The van der Waals surface area contributed by atoms with Crippen LogP contribution in [0, 0.1) is 0 Å². The number of carbonyl (C=O) groups is 1. The topological polar surface area (TPSA) is 127 Å². The fourth-order valence-corrected chi connectivity index (χ4v) is 3.61. The molecule has 0 saturated carbocycles. The quantitative estimate of drug-likeness (QED) is 0.453. The molecule has 3 aromatic rings. The summed E-state index contributed by atoms with van der Waals surface area (Å²) in [5, 5.41) is 8.80. The predicted octanol–water partition coefficient (Wildman–Crippen LogP) is 0.445. The van der Waals surface area contributed by atoms with Gasteiger partial charge in [0.05, 0.1) is 18.4 Å². The van der Waals surface area contributed by atoms with E-state index < -0.39 is 17.0 Å². The molecule has 2 heterocycles. The van der Waals surface area contributed by atoms with Crippen LogP contribution in [0.15, 0.2) is 39.0 Å². The van der Waals surface area contributed by atoms with Gasteiger partial charge in [-0.1, -0.05) is 23.9 Å². The van der Waals surface area contributed by atoms with Crippen molar-refractivity contribution < 1.29 is 9.53 Å². The molecule has 0 spiro atoms. The van der Waals surface area contributed by atoms with E-state index in [-0.39, 0.29) is 17.1 Å². The molecule has 0 radical (unpaired) electrons. The van der Waals surface area contributed by atoms with E-state index in [0.717, 1.165) is 26.5 Å². The van der Waals surface area contributed by atoms with E-state index in [2.05, 4.69) is 10.2 Å². The first-order chi connectivity index (χ1) is 13.8. The number of aromatic nitrogens is 5. The van der Waals surface area contributed by atoms with Gasteiger partial charge >= 0.3 is 5.69 Å².